The molecule has 3 saturated heterocycles. The van der Waals surface area contributed by atoms with Gasteiger partial charge < -0.3 is 29.3 Å². The molecule has 3 aromatic rings. The zero-order valence-corrected chi connectivity index (χ0v) is 27.0. The first-order valence-corrected chi connectivity index (χ1v) is 16.2. The first kappa shape index (κ1) is 32.4. The van der Waals surface area contributed by atoms with Gasteiger partial charge in [-0.05, 0) is 62.6 Å². The van der Waals surface area contributed by atoms with Crippen LogP contribution < -0.4 is 9.64 Å². The fourth-order valence-corrected chi connectivity index (χ4v) is 7.96. The second kappa shape index (κ2) is 12.9. The predicted molar refractivity (Wildman–Crippen MR) is 175 cm³/mol. The third kappa shape index (κ3) is 5.19. The third-order valence-corrected chi connectivity index (χ3v) is 9.94. The molecular formula is C35H42N6O6. The summed E-state index contributed by atoms with van der Waals surface area (Å²) in [4.78, 5) is 48.5. The van der Waals surface area contributed by atoms with Gasteiger partial charge >= 0.3 is 0 Å². The molecular weight excluding hydrogens is 600 g/mol. The molecule has 2 bridgehead atoms. The summed E-state index contributed by atoms with van der Waals surface area (Å²) < 4.78 is 14.2. The Morgan fingerprint density at radius 2 is 1.83 bits per heavy atom. The third-order valence-electron chi connectivity index (χ3n) is 9.94. The highest BCUT2D eigenvalue weighted by Gasteiger charge is 2.79. The number of likely N-dealkylation sites (tertiary alicyclic amines) is 1. The highest BCUT2D eigenvalue weighted by atomic mass is 16.5. The molecule has 3 fully saturated rings. The van der Waals surface area contributed by atoms with Gasteiger partial charge in [0.05, 0.1) is 36.2 Å². The highest BCUT2D eigenvalue weighted by Crippen LogP contribution is 2.64. The van der Waals surface area contributed by atoms with E-state index < -0.39 is 29.1 Å². The van der Waals surface area contributed by atoms with Crippen molar-refractivity contribution in [1.29, 1.82) is 0 Å². The van der Waals surface area contributed by atoms with Gasteiger partial charge in [0.15, 0.2) is 0 Å². The quantitative estimate of drug-likeness (QED) is 0.266. The molecule has 12 heteroatoms. The predicted octanol–water partition coefficient (Wildman–Crippen LogP) is 3.17. The minimum atomic E-state index is -1.25. The summed E-state index contributed by atoms with van der Waals surface area (Å²) in [5.41, 5.74) is -0.0931. The number of β-amino-alcohol motifs (C(OH)–C–C–N with tert-alkyl or cyclic N) is 1. The van der Waals surface area contributed by atoms with Gasteiger partial charge in [-0.25, -0.2) is 4.68 Å². The van der Waals surface area contributed by atoms with Gasteiger partial charge in [0.25, 0.3) is 0 Å². The number of aliphatic hydroxyl groups excluding tert-OH is 1. The molecule has 0 radical (unpaired) electrons. The maximum Gasteiger partial charge on any atom is 0.250 e. The van der Waals surface area contributed by atoms with Crippen molar-refractivity contribution < 1.29 is 29.0 Å². The molecule has 1 spiro atoms. The van der Waals surface area contributed by atoms with Gasteiger partial charge in [-0.1, -0.05) is 36.4 Å². The number of carbonyl (C=O) groups is 3. The number of amides is 3. The van der Waals surface area contributed by atoms with E-state index in [0.717, 1.165) is 5.52 Å². The number of benzene rings is 2. The van der Waals surface area contributed by atoms with E-state index in [1.165, 1.54) is 4.90 Å². The monoisotopic (exact) mass is 642 g/mol. The van der Waals surface area contributed by atoms with Gasteiger partial charge in [0.1, 0.15) is 29.6 Å². The van der Waals surface area contributed by atoms with Crippen LogP contribution in [0.5, 0.6) is 5.75 Å². The summed E-state index contributed by atoms with van der Waals surface area (Å²) in [7, 11) is 0. The lowest BCUT2D eigenvalue weighted by Crippen LogP contribution is -2.57. The zero-order chi connectivity index (χ0) is 33.3. The number of para-hydroxylation sites is 1. The van der Waals surface area contributed by atoms with Crippen molar-refractivity contribution in [3.05, 3.63) is 73.8 Å². The van der Waals surface area contributed by atoms with Crippen molar-refractivity contribution >= 4 is 34.4 Å². The van der Waals surface area contributed by atoms with Crippen LogP contribution in [0.15, 0.2) is 73.8 Å². The lowest BCUT2D eigenvalue weighted by atomic mass is 9.64. The minimum absolute atomic E-state index is 0.0654. The van der Waals surface area contributed by atoms with E-state index in [2.05, 4.69) is 23.5 Å². The number of carbonyl (C=O) groups excluding carboxylic acids is 3. The summed E-state index contributed by atoms with van der Waals surface area (Å²) in [6, 6.07) is 13.7. The lowest BCUT2D eigenvalue weighted by Gasteiger charge is -2.37. The van der Waals surface area contributed by atoms with Gasteiger partial charge in [0.2, 0.25) is 17.7 Å². The van der Waals surface area contributed by atoms with E-state index in [1.54, 1.807) is 26.6 Å². The number of aromatic nitrogens is 3. The average molecular weight is 643 g/mol. The molecule has 2 aromatic carbocycles. The summed E-state index contributed by atoms with van der Waals surface area (Å²) in [5, 5.41) is 18.6. The number of anilines is 1. The van der Waals surface area contributed by atoms with Crippen LogP contribution in [0.4, 0.5) is 5.69 Å². The van der Waals surface area contributed by atoms with Crippen LogP contribution in [0.3, 0.4) is 0 Å². The van der Waals surface area contributed by atoms with Crippen molar-refractivity contribution in [2.45, 2.75) is 57.0 Å². The van der Waals surface area contributed by atoms with Crippen LogP contribution in [0.25, 0.3) is 11.0 Å². The van der Waals surface area contributed by atoms with Crippen molar-refractivity contribution in [2.24, 2.45) is 11.8 Å². The summed E-state index contributed by atoms with van der Waals surface area (Å²) >= 11 is 0. The lowest BCUT2D eigenvalue weighted by molar-refractivity contribution is -0.154. The molecule has 0 aliphatic carbocycles. The molecule has 1 aromatic heterocycles. The average Bonchev–Trinajstić information content (AvgIpc) is 3.81. The van der Waals surface area contributed by atoms with Gasteiger partial charge in [-0.3, -0.25) is 14.4 Å². The molecule has 3 aliphatic heterocycles. The maximum absolute atomic E-state index is 14.7. The highest BCUT2D eigenvalue weighted by molar-refractivity contribution is 6.03. The van der Waals surface area contributed by atoms with E-state index >= 15 is 0 Å². The van der Waals surface area contributed by atoms with Crippen molar-refractivity contribution in [1.82, 2.24) is 24.8 Å². The molecule has 47 heavy (non-hydrogen) atoms. The molecule has 3 aliphatic rings. The Kier molecular flexibility index (Phi) is 8.91. The number of rotatable bonds is 14. The number of hydrogen-bond acceptors (Lipinski definition) is 8. The van der Waals surface area contributed by atoms with Crippen molar-refractivity contribution in [3.63, 3.8) is 0 Å². The van der Waals surface area contributed by atoms with E-state index in [-0.39, 0.29) is 50.6 Å². The summed E-state index contributed by atoms with van der Waals surface area (Å²) in [6.07, 6.45) is 4.70. The van der Waals surface area contributed by atoms with Gasteiger partial charge in [0, 0.05) is 25.3 Å². The van der Waals surface area contributed by atoms with Crippen LogP contribution in [0.2, 0.25) is 0 Å². The number of nitrogens with zero attached hydrogens (tertiary/aromatic N) is 6. The minimum Gasteiger partial charge on any atom is -0.494 e. The van der Waals surface area contributed by atoms with Crippen LogP contribution in [0.1, 0.15) is 33.1 Å². The van der Waals surface area contributed by atoms with Gasteiger partial charge in [-0.15, -0.1) is 18.3 Å². The SMILES string of the molecule is C=CCN(Cn1nnc2ccccc21)C(=O)C1N(CCO)C(=O)[C@@H]2[C@H](C(=O)N(CC=C)c3ccc(OCC)cc3)[C@]3(CC)CCC12O3. The Bertz CT molecular complexity index is 1670. The Morgan fingerprint density at radius 3 is 2.51 bits per heavy atom. The maximum atomic E-state index is 14.7. The first-order valence-electron chi connectivity index (χ1n) is 16.2. The molecule has 12 nitrogen and oxygen atoms in total. The van der Waals surface area contributed by atoms with Crippen LogP contribution in [-0.4, -0.2) is 97.7 Å². The number of fused-ring (bicyclic) bond motifs is 2. The Labute approximate surface area is 274 Å². The number of hydrogen-bond donors (Lipinski definition) is 1. The second-order valence-corrected chi connectivity index (χ2v) is 12.3. The van der Waals surface area contributed by atoms with Crippen LogP contribution in [0, 0.1) is 11.8 Å². The molecule has 6 rings (SSSR count). The fraction of sp³-hybridized carbons (Fsp3) is 0.457. The molecule has 3 amide bonds. The fourth-order valence-electron chi connectivity index (χ4n) is 7.96. The molecule has 248 valence electrons. The molecule has 0 saturated carbocycles. The Balaban J connectivity index is 1.38. The smallest absolute Gasteiger partial charge is 0.250 e. The number of aliphatic hydroxyl groups is 1. The van der Waals surface area contributed by atoms with E-state index in [0.29, 0.717) is 42.8 Å². The van der Waals surface area contributed by atoms with E-state index in [1.807, 2.05) is 62.4 Å². The normalized spacial score (nSPS) is 26.0. The largest absolute Gasteiger partial charge is 0.494 e. The van der Waals surface area contributed by atoms with Gasteiger partial charge in [-0.2, -0.15) is 0 Å². The van der Waals surface area contributed by atoms with Crippen LogP contribution >= 0.6 is 0 Å². The number of ether oxygens (including phenoxy) is 2. The first-order chi connectivity index (χ1) is 22.8. The molecule has 5 atom stereocenters. The summed E-state index contributed by atoms with van der Waals surface area (Å²) in [5.74, 6) is -2.04. The molecule has 4 heterocycles. The summed E-state index contributed by atoms with van der Waals surface area (Å²) in [6.45, 7) is 12.2. The Hall–Kier alpha value is -4.55. The van der Waals surface area contributed by atoms with Crippen molar-refractivity contribution in [2.75, 3.05) is 37.7 Å². The van der Waals surface area contributed by atoms with E-state index in [4.69, 9.17) is 9.47 Å². The Morgan fingerprint density at radius 1 is 1.09 bits per heavy atom. The topological polar surface area (TPSA) is 130 Å². The second-order valence-electron chi connectivity index (χ2n) is 12.3. The molecule has 2 unspecified atom stereocenters. The van der Waals surface area contributed by atoms with Crippen LogP contribution in [-0.2, 0) is 25.8 Å². The zero-order valence-electron chi connectivity index (χ0n) is 27.0. The standard InChI is InChI=1S/C35H42N6O6/c1-5-19-38(23-41-27-12-10-9-11-26(27)36-37-41)33(45)30-35-18-17-34(7-3,47-35)28(29(35)32(44)40(30)21-22-42)31(43)39(20-6-2)24-13-15-25(16-14-24)46-8-4/h5-6,9-16,28-30,42H,1-2,7-8,17-23H2,3-4H3/t28-,29+,30?,34+,35?/m1/s1. The van der Waals surface area contributed by atoms with Crippen molar-refractivity contribution in [3.8, 4) is 5.75 Å². The van der Waals surface area contributed by atoms with E-state index in [9.17, 15) is 19.5 Å². The molecule has 1 N–H and O–H groups in total.